The molecule has 0 saturated heterocycles. The highest BCUT2D eigenvalue weighted by molar-refractivity contribution is 5.53. The van der Waals surface area contributed by atoms with Gasteiger partial charge in [0.25, 0.3) is 0 Å². The lowest BCUT2D eigenvalue weighted by atomic mass is 10.2. The number of likely N-dealkylation sites (N-methyl/N-ethyl adjacent to an activating group) is 1. The molecule has 4 heteroatoms. The topological polar surface area (TPSA) is 51.4 Å². The first kappa shape index (κ1) is 11.8. The fraction of sp³-hybridized carbons (Fsp3) is 0.545. The van der Waals surface area contributed by atoms with E-state index in [0.717, 1.165) is 12.2 Å². The molecule has 0 aromatic carbocycles. The van der Waals surface area contributed by atoms with E-state index in [1.807, 2.05) is 12.3 Å². The molecule has 0 aliphatic rings. The van der Waals surface area contributed by atoms with Gasteiger partial charge in [0.15, 0.2) is 0 Å². The number of pyridine rings is 1. The van der Waals surface area contributed by atoms with Gasteiger partial charge in [0.05, 0.1) is 24.2 Å². The van der Waals surface area contributed by atoms with Crippen molar-refractivity contribution in [1.82, 2.24) is 4.98 Å². The second kappa shape index (κ2) is 5.56. The number of rotatable bonds is 5. The molecule has 1 heterocycles. The van der Waals surface area contributed by atoms with Crippen molar-refractivity contribution in [3.05, 3.63) is 18.5 Å². The fourth-order valence-corrected chi connectivity index (χ4v) is 1.68. The zero-order valence-corrected chi connectivity index (χ0v) is 9.60. The van der Waals surface area contributed by atoms with E-state index in [4.69, 9.17) is 10.5 Å². The largest absolute Gasteiger partial charge is 0.397 e. The van der Waals surface area contributed by atoms with E-state index in [2.05, 4.69) is 23.7 Å². The highest BCUT2D eigenvalue weighted by atomic mass is 16.5. The molecule has 0 fully saturated rings. The van der Waals surface area contributed by atoms with Gasteiger partial charge in [-0.1, -0.05) is 0 Å². The Morgan fingerprint density at radius 1 is 1.53 bits per heavy atom. The summed E-state index contributed by atoms with van der Waals surface area (Å²) in [5.41, 5.74) is 7.44. The van der Waals surface area contributed by atoms with Crippen LogP contribution in [0.1, 0.15) is 13.8 Å². The molecule has 0 radical (unpaired) electrons. The van der Waals surface area contributed by atoms with Crippen molar-refractivity contribution in [2.24, 2.45) is 0 Å². The predicted molar refractivity (Wildman–Crippen MR) is 63.0 cm³/mol. The summed E-state index contributed by atoms with van der Waals surface area (Å²) in [5.74, 6) is 0. The van der Waals surface area contributed by atoms with E-state index in [1.54, 1.807) is 13.3 Å². The first-order valence-corrected chi connectivity index (χ1v) is 5.15. The molecule has 1 rings (SSSR count). The van der Waals surface area contributed by atoms with E-state index < -0.39 is 0 Å². The number of hydrogen-bond donors (Lipinski definition) is 1. The summed E-state index contributed by atoms with van der Waals surface area (Å²) in [5, 5.41) is 0. The van der Waals surface area contributed by atoms with Crippen molar-refractivity contribution < 1.29 is 4.74 Å². The van der Waals surface area contributed by atoms with Crippen LogP contribution >= 0.6 is 0 Å². The number of methoxy groups -OCH3 is 1. The minimum Gasteiger partial charge on any atom is -0.397 e. The SMILES string of the molecule is CCN(c1cncc(N)c1)C(C)COC. The van der Waals surface area contributed by atoms with E-state index in [1.165, 1.54) is 0 Å². The third kappa shape index (κ3) is 3.09. The summed E-state index contributed by atoms with van der Waals surface area (Å²) >= 11 is 0. The molecular formula is C11H19N3O. The Balaban J connectivity index is 2.82. The van der Waals surface area contributed by atoms with Gasteiger partial charge < -0.3 is 15.4 Å². The molecule has 0 spiro atoms. The molecule has 2 N–H and O–H groups in total. The molecule has 1 unspecified atom stereocenters. The Kier molecular flexibility index (Phi) is 4.37. The molecule has 1 aromatic rings. The van der Waals surface area contributed by atoms with Crippen LogP contribution < -0.4 is 10.6 Å². The summed E-state index contributed by atoms with van der Waals surface area (Å²) in [6, 6.07) is 2.26. The standard InChI is InChI=1S/C11H19N3O/c1-4-14(9(2)8-15-3)11-5-10(12)6-13-7-11/h5-7,9H,4,8,12H2,1-3H3. The lowest BCUT2D eigenvalue weighted by molar-refractivity contribution is 0.182. The third-order valence-electron chi connectivity index (χ3n) is 2.36. The Bertz CT molecular complexity index is 304. The molecule has 0 aliphatic heterocycles. The first-order chi connectivity index (χ1) is 7.19. The first-order valence-electron chi connectivity index (χ1n) is 5.15. The molecule has 15 heavy (non-hydrogen) atoms. The maximum absolute atomic E-state index is 5.70. The zero-order chi connectivity index (χ0) is 11.3. The van der Waals surface area contributed by atoms with Crippen molar-refractivity contribution in [2.75, 3.05) is 30.9 Å². The lowest BCUT2D eigenvalue weighted by Gasteiger charge is -2.29. The summed E-state index contributed by atoms with van der Waals surface area (Å²) in [6.07, 6.45) is 3.48. The molecule has 4 nitrogen and oxygen atoms in total. The van der Waals surface area contributed by atoms with Crippen molar-refractivity contribution >= 4 is 11.4 Å². The quantitative estimate of drug-likeness (QED) is 0.799. The third-order valence-corrected chi connectivity index (χ3v) is 2.36. The molecular weight excluding hydrogens is 190 g/mol. The van der Waals surface area contributed by atoms with Gasteiger partial charge >= 0.3 is 0 Å². The van der Waals surface area contributed by atoms with Crippen molar-refractivity contribution in [3.8, 4) is 0 Å². The van der Waals surface area contributed by atoms with E-state index >= 15 is 0 Å². The van der Waals surface area contributed by atoms with Crippen molar-refractivity contribution in [1.29, 1.82) is 0 Å². The Hall–Kier alpha value is -1.29. The van der Waals surface area contributed by atoms with E-state index in [9.17, 15) is 0 Å². The van der Waals surface area contributed by atoms with Crippen LogP contribution in [0.25, 0.3) is 0 Å². The van der Waals surface area contributed by atoms with E-state index in [0.29, 0.717) is 18.3 Å². The molecule has 0 amide bonds. The Morgan fingerprint density at radius 2 is 2.27 bits per heavy atom. The number of aromatic nitrogens is 1. The van der Waals surface area contributed by atoms with Gasteiger partial charge in [-0.25, -0.2) is 0 Å². The molecule has 1 atom stereocenters. The van der Waals surface area contributed by atoms with Crippen LogP contribution in [0.5, 0.6) is 0 Å². The van der Waals surface area contributed by atoms with Crippen LogP contribution in [0, 0.1) is 0 Å². The van der Waals surface area contributed by atoms with Crippen molar-refractivity contribution in [3.63, 3.8) is 0 Å². The normalized spacial score (nSPS) is 12.5. The van der Waals surface area contributed by atoms with Crippen LogP contribution in [0.4, 0.5) is 11.4 Å². The van der Waals surface area contributed by atoms with Crippen LogP contribution in [-0.4, -0.2) is 31.3 Å². The lowest BCUT2D eigenvalue weighted by Crippen LogP contribution is -2.36. The minimum atomic E-state index is 0.323. The van der Waals surface area contributed by atoms with Gasteiger partial charge in [-0.3, -0.25) is 4.98 Å². The monoisotopic (exact) mass is 209 g/mol. The number of nitrogens with zero attached hydrogens (tertiary/aromatic N) is 2. The molecule has 0 saturated carbocycles. The van der Waals surface area contributed by atoms with Gasteiger partial charge in [-0.05, 0) is 19.9 Å². The molecule has 84 valence electrons. The number of hydrogen-bond acceptors (Lipinski definition) is 4. The summed E-state index contributed by atoms with van der Waals surface area (Å²) in [6.45, 7) is 5.84. The van der Waals surface area contributed by atoms with Crippen LogP contribution in [-0.2, 0) is 4.74 Å². The van der Waals surface area contributed by atoms with Crippen LogP contribution in [0.3, 0.4) is 0 Å². The number of nitrogens with two attached hydrogens (primary N) is 1. The van der Waals surface area contributed by atoms with Gasteiger partial charge in [0.2, 0.25) is 0 Å². The van der Waals surface area contributed by atoms with Gasteiger partial charge in [-0.2, -0.15) is 0 Å². The molecule has 0 bridgehead atoms. The predicted octanol–water partition coefficient (Wildman–Crippen LogP) is 1.52. The van der Waals surface area contributed by atoms with Crippen LogP contribution in [0.15, 0.2) is 18.5 Å². The van der Waals surface area contributed by atoms with Gasteiger partial charge in [0.1, 0.15) is 0 Å². The number of anilines is 2. The molecule has 1 aromatic heterocycles. The fourth-order valence-electron chi connectivity index (χ4n) is 1.68. The Labute approximate surface area is 91.1 Å². The average molecular weight is 209 g/mol. The van der Waals surface area contributed by atoms with Gasteiger partial charge in [-0.15, -0.1) is 0 Å². The highest BCUT2D eigenvalue weighted by Gasteiger charge is 2.12. The maximum Gasteiger partial charge on any atom is 0.0663 e. The van der Waals surface area contributed by atoms with E-state index in [-0.39, 0.29) is 0 Å². The summed E-state index contributed by atoms with van der Waals surface area (Å²) in [4.78, 5) is 6.30. The molecule has 0 aliphatic carbocycles. The maximum atomic E-state index is 5.70. The average Bonchev–Trinajstić information content (AvgIpc) is 2.19. The summed E-state index contributed by atoms with van der Waals surface area (Å²) < 4.78 is 5.14. The second-order valence-electron chi connectivity index (χ2n) is 3.57. The number of nitrogen functional groups attached to an aromatic ring is 1. The number of ether oxygens (including phenoxy) is 1. The Morgan fingerprint density at radius 3 is 2.80 bits per heavy atom. The smallest absolute Gasteiger partial charge is 0.0663 e. The zero-order valence-electron chi connectivity index (χ0n) is 9.60. The highest BCUT2D eigenvalue weighted by Crippen LogP contribution is 2.18. The second-order valence-corrected chi connectivity index (χ2v) is 3.57. The summed E-state index contributed by atoms with van der Waals surface area (Å²) in [7, 11) is 1.71. The van der Waals surface area contributed by atoms with Crippen LogP contribution in [0.2, 0.25) is 0 Å². The van der Waals surface area contributed by atoms with Crippen molar-refractivity contribution in [2.45, 2.75) is 19.9 Å². The van der Waals surface area contributed by atoms with Gasteiger partial charge in [0, 0.05) is 25.9 Å². The minimum absolute atomic E-state index is 0.323.